The number of rotatable bonds is 3. The molecule has 0 aliphatic carbocycles. The van der Waals surface area contributed by atoms with Crippen LogP contribution in [0.15, 0.2) is 6.07 Å². The monoisotopic (exact) mass is 235 g/mol. The number of carbonyl (C=O) groups is 1. The van der Waals surface area contributed by atoms with E-state index in [4.69, 9.17) is 17.3 Å². The minimum absolute atomic E-state index is 0.0505. The SMILES string of the molecule is NCCC(=O)c1cc(F)c(F)c(Cl)c1O. The maximum Gasteiger partial charge on any atom is 0.181 e. The molecule has 0 bridgehead atoms. The normalized spacial score (nSPS) is 10.4. The standard InChI is InChI=1S/C9H8ClF2NO2/c10-7-8(12)5(11)3-4(9(7)15)6(14)1-2-13/h3,15H,1-2,13H2. The lowest BCUT2D eigenvalue weighted by molar-refractivity contribution is 0.0982. The molecule has 1 aromatic rings. The molecular formula is C9H8ClF2NO2. The quantitative estimate of drug-likeness (QED) is 0.621. The highest BCUT2D eigenvalue weighted by Gasteiger charge is 2.20. The van der Waals surface area contributed by atoms with Gasteiger partial charge in [-0.25, -0.2) is 8.78 Å². The van der Waals surface area contributed by atoms with Crippen molar-refractivity contribution in [2.24, 2.45) is 5.73 Å². The van der Waals surface area contributed by atoms with Crippen LogP contribution in [0.3, 0.4) is 0 Å². The van der Waals surface area contributed by atoms with E-state index in [1.54, 1.807) is 0 Å². The number of phenolic OH excluding ortho intramolecular Hbond substituents is 1. The van der Waals surface area contributed by atoms with Gasteiger partial charge < -0.3 is 10.8 Å². The summed E-state index contributed by atoms with van der Waals surface area (Å²) in [6, 6.07) is 0.606. The van der Waals surface area contributed by atoms with Crippen molar-refractivity contribution in [1.29, 1.82) is 0 Å². The van der Waals surface area contributed by atoms with Crippen LogP contribution < -0.4 is 5.73 Å². The number of hydrogen-bond donors (Lipinski definition) is 2. The molecule has 0 aliphatic heterocycles. The third kappa shape index (κ3) is 2.24. The minimum Gasteiger partial charge on any atom is -0.506 e. The van der Waals surface area contributed by atoms with E-state index < -0.39 is 28.2 Å². The van der Waals surface area contributed by atoms with Crippen molar-refractivity contribution in [3.8, 4) is 5.75 Å². The molecule has 3 N–H and O–H groups in total. The lowest BCUT2D eigenvalue weighted by Crippen LogP contribution is -2.09. The first-order valence-corrected chi connectivity index (χ1v) is 4.46. The summed E-state index contributed by atoms with van der Waals surface area (Å²) in [6.45, 7) is 0.0505. The molecule has 0 saturated carbocycles. The maximum absolute atomic E-state index is 12.9. The van der Waals surface area contributed by atoms with Gasteiger partial charge in [0, 0.05) is 6.42 Å². The van der Waals surface area contributed by atoms with Gasteiger partial charge in [-0.3, -0.25) is 4.79 Å². The van der Waals surface area contributed by atoms with Gasteiger partial charge in [-0.1, -0.05) is 11.6 Å². The summed E-state index contributed by atoms with van der Waals surface area (Å²) in [5.74, 6) is -4.00. The maximum atomic E-state index is 12.9. The van der Waals surface area contributed by atoms with Gasteiger partial charge in [0.15, 0.2) is 17.4 Å². The predicted octanol–water partition coefficient (Wildman–Crippen LogP) is 1.86. The topological polar surface area (TPSA) is 63.3 Å². The summed E-state index contributed by atoms with van der Waals surface area (Å²) >= 11 is 5.28. The average molecular weight is 236 g/mol. The molecule has 0 atom stereocenters. The van der Waals surface area contributed by atoms with Gasteiger partial charge >= 0.3 is 0 Å². The van der Waals surface area contributed by atoms with Crippen LogP contribution >= 0.6 is 11.6 Å². The molecule has 0 saturated heterocycles. The van der Waals surface area contributed by atoms with Crippen molar-refractivity contribution in [1.82, 2.24) is 0 Å². The fourth-order valence-corrected chi connectivity index (χ4v) is 1.26. The number of halogens is 3. The number of hydrogen-bond acceptors (Lipinski definition) is 3. The second-order valence-electron chi connectivity index (χ2n) is 2.84. The molecule has 0 unspecified atom stereocenters. The van der Waals surface area contributed by atoms with E-state index in [1.807, 2.05) is 0 Å². The third-order valence-electron chi connectivity index (χ3n) is 1.81. The van der Waals surface area contributed by atoms with Crippen molar-refractivity contribution in [3.63, 3.8) is 0 Å². The number of benzene rings is 1. The molecule has 0 heterocycles. The van der Waals surface area contributed by atoms with Crippen molar-refractivity contribution in [2.45, 2.75) is 6.42 Å². The minimum atomic E-state index is -1.38. The molecule has 0 fully saturated rings. The van der Waals surface area contributed by atoms with E-state index >= 15 is 0 Å². The van der Waals surface area contributed by atoms with Gasteiger partial charge in [-0.2, -0.15) is 0 Å². The lowest BCUT2D eigenvalue weighted by atomic mass is 10.1. The zero-order valence-corrected chi connectivity index (χ0v) is 8.31. The first kappa shape index (κ1) is 11.9. The first-order chi connectivity index (χ1) is 6.99. The third-order valence-corrected chi connectivity index (χ3v) is 2.15. The molecule has 1 aromatic carbocycles. The van der Waals surface area contributed by atoms with Crippen LogP contribution in [0.2, 0.25) is 5.02 Å². The molecule has 6 heteroatoms. The molecule has 0 aromatic heterocycles. The largest absolute Gasteiger partial charge is 0.506 e. The van der Waals surface area contributed by atoms with Crippen LogP contribution in [-0.2, 0) is 0 Å². The Morgan fingerprint density at radius 3 is 2.67 bits per heavy atom. The number of Topliss-reactive ketones (excluding diaryl/α,β-unsaturated/α-hetero) is 1. The second kappa shape index (κ2) is 4.55. The van der Waals surface area contributed by atoms with Gasteiger partial charge in [-0.05, 0) is 12.6 Å². The molecule has 1 rings (SSSR count). The van der Waals surface area contributed by atoms with Crippen molar-refractivity contribution < 1.29 is 18.7 Å². The van der Waals surface area contributed by atoms with Crippen LogP contribution in [-0.4, -0.2) is 17.4 Å². The Labute approximate surface area is 89.5 Å². The van der Waals surface area contributed by atoms with Crippen molar-refractivity contribution in [2.75, 3.05) is 6.54 Å². The Morgan fingerprint density at radius 2 is 2.13 bits per heavy atom. The number of phenols is 1. The second-order valence-corrected chi connectivity index (χ2v) is 3.22. The zero-order valence-electron chi connectivity index (χ0n) is 7.56. The molecule has 0 spiro atoms. The lowest BCUT2D eigenvalue weighted by Gasteiger charge is -2.06. The van der Waals surface area contributed by atoms with Gasteiger partial charge in [0.05, 0.1) is 5.56 Å². The summed E-state index contributed by atoms with van der Waals surface area (Å²) in [7, 11) is 0. The molecule has 0 amide bonds. The van der Waals surface area contributed by atoms with Gasteiger partial charge in [-0.15, -0.1) is 0 Å². The van der Waals surface area contributed by atoms with E-state index in [2.05, 4.69) is 0 Å². The molecule has 0 aliphatic rings. The Hall–Kier alpha value is -1.20. The highest BCUT2D eigenvalue weighted by Crippen LogP contribution is 2.32. The van der Waals surface area contributed by atoms with Gasteiger partial charge in [0.2, 0.25) is 0 Å². The highest BCUT2D eigenvalue weighted by molar-refractivity contribution is 6.32. The van der Waals surface area contributed by atoms with E-state index in [9.17, 15) is 18.7 Å². The van der Waals surface area contributed by atoms with E-state index in [0.29, 0.717) is 6.07 Å². The fourth-order valence-electron chi connectivity index (χ4n) is 1.06. The first-order valence-electron chi connectivity index (χ1n) is 4.08. The number of nitrogens with two attached hydrogens (primary N) is 1. The Morgan fingerprint density at radius 1 is 1.53 bits per heavy atom. The summed E-state index contributed by atoms with van der Waals surface area (Å²) in [4.78, 5) is 11.3. The summed E-state index contributed by atoms with van der Waals surface area (Å²) in [6.07, 6.45) is -0.0744. The summed E-state index contributed by atoms with van der Waals surface area (Å²) in [5.41, 5.74) is 4.76. The van der Waals surface area contributed by atoms with Crippen LogP contribution in [0, 0.1) is 11.6 Å². The number of aromatic hydroxyl groups is 1. The highest BCUT2D eigenvalue weighted by atomic mass is 35.5. The fraction of sp³-hybridized carbons (Fsp3) is 0.222. The molecule has 15 heavy (non-hydrogen) atoms. The molecule has 3 nitrogen and oxygen atoms in total. The molecule has 0 radical (unpaired) electrons. The van der Waals surface area contributed by atoms with Crippen molar-refractivity contribution >= 4 is 17.4 Å². The van der Waals surface area contributed by atoms with Crippen LogP contribution in [0.1, 0.15) is 16.8 Å². The van der Waals surface area contributed by atoms with Crippen LogP contribution in [0.4, 0.5) is 8.78 Å². The summed E-state index contributed by atoms with van der Waals surface area (Å²) in [5, 5.41) is 8.50. The van der Waals surface area contributed by atoms with E-state index in [-0.39, 0.29) is 18.5 Å². The van der Waals surface area contributed by atoms with E-state index in [1.165, 1.54) is 0 Å². The number of ketones is 1. The van der Waals surface area contributed by atoms with E-state index in [0.717, 1.165) is 0 Å². The van der Waals surface area contributed by atoms with Crippen molar-refractivity contribution in [3.05, 3.63) is 28.3 Å². The van der Waals surface area contributed by atoms with Crippen LogP contribution in [0.25, 0.3) is 0 Å². The molecular weight excluding hydrogens is 228 g/mol. The summed E-state index contributed by atoms with van der Waals surface area (Å²) < 4.78 is 25.7. The van der Waals surface area contributed by atoms with Crippen LogP contribution in [0.5, 0.6) is 5.75 Å². The molecule has 82 valence electrons. The zero-order chi connectivity index (χ0) is 11.6. The Kier molecular flexibility index (Phi) is 3.60. The smallest absolute Gasteiger partial charge is 0.181 e. The average Bonchev–Trinajstić information content (AvgIpc) is 2.20. The van der Waals surface area contributed by atoms with Gasteiger partial charge in [0.25, 0.3) is 0 Å². The number of carbonyl (C=O) groups excluding carboxylic acids is 1. The Bertz CT molecular complexity index is 410. The van der Waals surface area contributed by atoms with Gasteiger partial charge in [0.1, 0.15) is 10.8 Å². The Balaban J connectivity index is 3.26. The predicted molar refractivity (Wildman–Crippen MR) is 51.0 cm³/mol.